The molecule has 1 heterocycles. The summed E-state index contributed by atoms with van der Waals surface area (Å²) in [6.07, 6.45) is 1.54. The summed E-state index contributed by atoms with van der Waals surface area (Å²) in [6, 6.07) is -2.06. The molecule has 4 amide bonds. The van der Waals surface area contributed by atoms with Gasteiger partial charge in [-0.2, -0.15) is 5.01 Å². The molecule has 1 rings (SSSR count). The number of carbonyl (C=O) groups is 3. The van der Waals surface area contributed by atoms with E-state index in [1.165, 1.54) is 4.90 Å². The van der Waals surface area contributed by atoms with Gasteiger partial charge in [0.05, 0.1) is 17.9 Å². The number of hydrogen-bond acceptors (Lipinski definition) is 6. The minimum absolute atomic E-state index is 0.0454. The fraction of sp³-hybridized carbons (Fsp3) is 0.812. The van der Waals surface area contributed by atoms with Gasteiger partial charge in [-0.05, 0) is 25.2 Å². The number of nitroso groups, excluding NO2 is 1. The first-order valence-corrected chi connectivity index (χ1v) is 10.0. The maximum atomic E-state index is 12.6. The predicted octanol–water partition coefficient (Wildman–Crippen LogP) is 1.68. The molecule has 0 radical (unpaired) electrons. The lowest BCUT2D eigenvalue weighted by atomic mass is 10.0. The number of rotatable bonds is 10. The molecule has 1 aliphatic heterocycles. The number of nitrogens with zero attached hydrogens (tertiary/aromatic N) is 3. The summed E-state index contributed by atoms with van der Waals surface area (Å²) in [7, 11) is 0. The lowest BCUT2D eigenvalue weighted by molar-refractivity contribution is -0.134. The van der Waals surface area contributed by atoms with E-state index < -0.39 is 29.9 Å². The van der Waals surface area contributed by atoms with Crippen molar-refractivity contribution in [1.82, 2.24) is 20.5 Å². The van der Waals surface area contributed by atoms with Gasteiger partial charge in [0.25, 0.3) is 0 Å². The number of carbonyl (C=O) groups excluding carboxylic acids is 3. The van der Waals surface area contributed by atoms with Crippen molar-refractivity contribution in [2.24, 2.45) is 11.2 Å². The number of likely N-dealkylation sites (tertiary alicyclic amines) is 1. The predicted molar refractivity (Wildman–Crippen MR) is 103 cm³/mol. The molecule has 2 N–H and O–H groups in total. The molecule has 0 aliphatic carbocycles. The maximum absolute atomic E-state index is 12.6. The SMILES string of the molecule is CC(C)C[C@H](NCCCl)C(=O)NC(=O)[C@@H]1CCCN1C(=O)N(CCCl)N=O. The molecule has 0 aromatic carbocycles. The zero-order valence-electron chi connectivity index (χ0n) is 15.6. The second-order valence-electron chi connectivity index (χ2n) is 6.71. The topological polar surface area (TPSA) is 111 Å². The summed E-state index contributed by atoms with van der Waals surface area (Å²) in [5.74, 6) is -0.390. The molecule has 0 unspecified atom stereocenters. The van der Waals surface area contributed by atoms with Gasteiger partial charge in [-0.1, -0.05) is 13.8 Å². The van der Waals surface area contributed by atoms with E-state index in [2.05, 4.69) is 15.9 Å². The van der Waals surface area contributed by atoms with Crippen LogP contribution in [0.5, 0.6) is 0 Å². The van der Waals surface area contributed by atoms with Crippen LogP contribution < -0.4 is 10.6 Å². The Balaban J connectivity index is 2.76. The molecule has 1 aliphatic rings. The van der Waals surface area contributed by atoms with E-state index in [1.807, 2.05) is 13.8 Å². The van der Waals surface area contributed by atoms with Crippen molar-refractivity contribution in [3.05, 3.63) is 4.91 Å². The monoisotopic (exact) mass is 423 g/mol. The van der Waals surface area contributed by atoms with Crippen LogP contribution in [0, 0.1) is 10.8 Å². The second kappa shape index (κ2) is 12.1. The number of urea groups is 1. The van der Waals surface area contributed by atoms with Gasteiger partial charge in [0.15, 0.2) is 0 Å². The van der Waals surface area contributed by atoms with E-state index in [4.69, 9.17) is 23.2 Å². The first-order valence-electron chi connectivity index (χ1n) is 8.97. The molecule has 2 atom stereocenters. The fourth-order valence-electron chi connectivity index (χ4n) is 2.94. The Labute approximate surface area is 169 Å². The van der Waals surface area contributed by atoms with Gasteiger partial charge >= 0.3 is 6.03 Å². The summed E-state index contributed by atoms with van der Waals surface area (Å²) in [5.41, 5.74) is 0. The minimum atomic E-state index is -0.825. The van der Waals surface area contributed by atoms with Gasteiger partial charge in [-0.3, -0.25) is 14.9 Å². The van der Waals surface area contributed by atoms with Crippen molar-refractivity contribution in [2.45, 2.75) is 45.2 Å². The second-order valence-corrected chi connectivity index (χ2v) is 7.46. The average Bonchev–Trinajstić information content (AvgIpc) is 3.12. The normalized spacial score (nSPS) is 17.7. The van der Waals surface area contributed by atoms with Gasteiger partial charge in [-0.15, -0.1) is 28.1 Å². The number of alkyl halides is 2. The Hall–Kier alpha value is -1.45. The van der Waals surface area contributed by atoms with Crippen molar-refractivity contribution in [3.63, 3.8) is 0 Å². The number of halogens is 2. The zero-order valence-corrected chi connectivity index (χ0v) is 17.1. The van der Waals surface area contributed by atoms with E-state index >= 15 is 0 Å². The van der Waals surface area contributed by atoms with Crippen LogP contribution in [-0.2, 0) is 9.59 Å². The van der Waals surface area contributed by atoms with E-state index in [0.29, 0.717) is 43.2 Å². The highest BCUT2D eigenvalue weighted by Crippen LogP contribution is 2.20. The smallest absolute Gasteiger partial charge is 0.311 e. The van der Waals surface area contributed by atoms with Crippen LogP contribution in [-0.4, -0.2) is 71.2 Å². The van der Waals surface area contributed by atoms with E-state index in [9.17, 15) is 19.3 Å². The third-order valence-corrected chi connectivity index (χ3v) is 4.53. The molecular formula is C16H27Cl2N5O4. The van der Waals surface area contributed by atoms with E-state index in [1.54, 1.807) is 0 Å². The largest absolute Gasteiger partial charge is 0.343 e. The molecule has 27 heavy (non-hydrogen) atoms. The number of nitrogens with one attached hydrogen (secondary N) is 2. The Kier molecular flexibility index (Phi) is 10.6. The molecule has 154 valence electrons. The van der Waals surface area contributed by atoms with Crippen LogP contribution in [0.25, 0.3) is 0 Å². The highest BCUT2D eigenvalue weighted by molar-refractivity contribution is 6.18. The van der Waals surface area contributed by atoms with Gasteiger partial charge in [0.1, 0.15) is 6.04 Å². The Morgan fingerprint density at radius 1 is 1.26 bits per heavy atom. The highest BCUT2D eigenvalue weighted by atomic mass is 35.5. The lowest BCUT2D eigenvalue weighted by Gasteiger charge is -2.27. The third-order valence-electron chi connectivity index (χ3n) is 4.17. The number of amides is 4. The number of hydrogen-bond donors (Lipinski definition) is 2. The zero-order chi connectivity index (χ0) is 20.4. The number of imide groups is 1. The van der Waals surface area contributed by atoms with Crippen LogP contribution in [0.15, 0.2) is 5.29 Å². The Bertz CT molecular complexity index is 535. The molecule has 0 aromatic heterocycles. The molecule has 11 heteroatoms. The molecule has 0 bridgehead atoms. The fourth-order valence-corrected chi connectivity index (χ4v) is 3.21. The van der Waals surface area contributed by atoms with Gasteiger partial charge in [-0.25, -0.2) is 4.79 Å². The summed E-state index contributed by atoms with van der Waals surface area (Å²) < 4.78 is 0. The van der Waals surface area contributed by atoms with Crippen LogP contribution in [0.1, 0.15) is 33.1 Å². The van der Waals surface area contributed by atoms with Crippen LogP contribution in [0.4, 0.5) is 4.79 Å². The highest BCUT2D eigenvalue weighted by Gasteiger charge is 2.38. The van der Waals surface area contributed by atoms with Crippen molar-refractivity contribution in [3.8, 4) is 0 Å². The maximum Gasteiger partial charge on any atom is 0.343 e. The Morgan fingerprint density at radius 3 is 2.52 bits per heavy atom. The van der Waals surface area contributed by atoms with Crippen LogP contribution in [0.2, 0.25) is 0 Å². The molecule has 9 nitrogen and oxygen atoms in total. The molecule has 0 spiro atoms. The average molecular weight is 424 g/mol. The summed E-state index contributed by atoms with van der Waals surface area (Å²) in [6.45, 7) is 4.64. The molecule has 1 fully saturated rings. The van der Waals surface area contributed by atoms with Gasteiger partial charge in [0.2, 0.25) is 11.8 Å². The molecule has 0 saturated carbocycles. The first-order chi connectivity index (χ1) is 12.8. The standard InChI is InChI=1S/C16H27Cl2N5O4/c1-11(2)10-12(19-7-5-17)14(24)20-15(25)13-4-3-8-22(13)16(26)23(21-27)9-6-18/h11-13,19H,3-10H2,1-2H3,(H,20,24,25)/t12-,13-/m0/s1. The minimum Gasteiger partial charge on any atom is -0.311 e. The van der Waals surface area contributed by atoms with Crippen molar-refractivity contribution in [2.75, 3.05) is 31.4 Å². The van der Waals surface area contributed by atoms with Gasteiger partial charge in [0, 0.05) is 24.8 Å². The first kappa shape index (κ1) is 23.6. The summed E-state index contributed by atoms with van der Waals surface area (Å²) in [4.78, 5) is 49.5. The van der Waals surface area contributed by atoms with Crippen molar-refractivity contribution < 1.29 is 14.4 Å². The van der Waals surface area contributed by atoms with Crippen molar-refractivity contribution >= 4 is 41.0 Å². The van der Waals surface area contributed by atoms with Crippen LogP contribution in [0.3, 0.4) is 0 Å². The summed E-state index contributed by atoms with van der Waals surface area (Å²) in [5, 5.41) is 8.74. The van der Waals surface area contributed by atoms with Gasteiger partial charge < -0.3 is 10.2 Å². The quantitative estimate of drug-likeness (QED) is 0.315. The molecular weight excluding hydrogens is 397 g/mol. The van der Waals surface area contributed by atoms with E-state index in [-0.39, 0.29) is 18.3 Å². The van der Waals surface area contributed by atoms with E-state index in [0.717, 1.165) is 0 Å². The van der Waals surface area contributed by atoms with Crippen LogP contribution >= 0.6 is 23.2 Å². The molecule has 0 aromatic rings. The van der Waals surface area contributed by atoms with Crippen molar-refractivity contribution in [1.29, 1.82) is 0 Å². The third kappa shape index (κ3) is 7.23. The Morgan fingerprint density at radius 2 is 1.96 bits per heavy atom. The molecule has 1 saturated heterocycles. The lowest BCUT2D eigenvalue weighted by Crippen LogP contribution is -2.54. The summed E-state index contributed by atoms with van der Waals surface area (Å²) >= 11 is 11.2.